The summed E-state index contributed by atoms with van der Waals surface area (Å²) >= 11 is 1.03. The smallest absolute Gasteiger partial charge is 0.396 e. The molecule has 1 aliphatic carbocycles. The second-order valence-corrected chi connectivity index (χ2v) is 6.04. The normalized spacial score (nSPS) is 18.5. The number of hydrogen-bond donors (Lipinski definition) is 1. The van der Waals surface area contributed by atoms with Crippen LogP contribution in [0.1, 0.15) is 37.7 Å². The zero-order valence-corrected chi connectivity index (χ0v) is 11.2. The fourth-order valence-corrected chi connectivity index (χ4v) is 3.66. The van der Waals surface area contributed by atoms with E-state index >= 15 is 0 Å². The van der Waals surface area contributed by atoms with Gasteiger partial charge in [0.2, 0.25) is 0 Å². The van der Waals surface area contributed by atoms with Crippen molar-refractivity contribution in [1.29, 1.82) is 0 Å². The molecule has 3 rings (SSSR count). The molecular formula is C14H14O4S. The van der Waals surface area contributed by atoms with Crippen LogP contribution in [-0.2, 0) is 10.2 Å². The van der Waals surface area contributed by atoms with Crippen molar-refractivity contribution < 1.29 is 14.3 Å². The topological polar surface area (TPSA) is 67.5 Å². The molecule has 1 fully saturated rings. The third-order valence-corrected chi connectivity index (χ3v) is 4.79. The summed E-state index contributed by atoms with van der Waals surface area (Å²) in [5.74, 6) is -0.762. The first kappa shape index (κ1) is 12.4. The molecule has 5 heteroatoms. The molecule has 0 spiro atoms. The van der Waals surface area contributed by atoms with Gasteiger partial charge in [-0.1, -0.05) is 36.7 Å². The molecular weight excluding hydrogens is 264 g/mol. The van der Waals surface area contributed by atoms with E-state index in [9.17, 15) is 14.7 Å². The molecule has 0 radical (unpaired) electrons. The van der Waals surface area contributed by atoms with Gasteiger partial charge in [0.1, 0.15) is 5.58 Å². The van der Waals surface area contributed by atoms with E-state index < -0.39 is 11.4 Å². The Morgan fingerprint density at radius 2 is 2.00 bits per heavy atom. The summed E-state index contributed by atoms with van der Waals surface area (Å²) in [6, 6.07) is 5.31. The van der Waals surface area contributed by atoms with E-state index in [-0.39, 0.29) is 4.94 Å². The average Bonchev–Trinajstić information content (AvgIpc) is 2.78. The maximum absolute atomic E-state index is 11.7. The summed E-state index contributed by atoms with van der Waals surface area (Å²) in [7, 11) is 0. The van der Waals surface area contributed by atoms with E-state index in [1.54, 1.807) is 12.1 Å². The first-order valence-electron chi connectivity index (χ1n) is 6.39. The van der Waals surface area contributed by atoms with Crippen LogP contribution in [0.3, 0.4) is 0 Å². The van der Waals surface area contributed by atoms with Crippen LogP contribution in [0.15, 0.2) is 27.4 Å². The van der Waals surface area contributed by atoms with E-state index in [4.69, 9.17) is 4.42 Å². The molecule has 0 unspecified atom stereocenters. The van der Waals surface area contributed by atoms with Crippen molar-refractivity contribution in [3.05, 3.63) is 33.5 Å². The Hall–Kier alpha value is -1.62. The molecule has 0 saturated heterocycles. The average molecular weight is 278 g/mol. The number of rotatable bonds is 2. The first-order valence-corrected chi connectivity index (χ1v) is 7.21. The largest absolute Gasteiger partial charge is 0.481 e. The molecule has 1 aromatic heterocycles. The summed E-state index contributed by atoms with van der Waals surface area (Å²) in [5, 5.41) is 9.64. The van der Waals surface area contributed by atoms with Crippen LogP contribution in [-0.4, -0.2) is 11.1 Å². The molecule has 1 aromatic carbocycles. The third-order valence-electron chi connectivity index (χ3n) is 4.00. The lowest BCUT2D eigenvalue weighted by Crippen LogP contribution is -2.37. The Kier molecular flexibility index (Phi) is 2.93. The number of carboxylic acid groups (broad SMARTS) is 1. The molecule has 2 aromatic rings. The monoisotopic (exact) mass is 278 g/mol. The fourth-order valence-electron chi connectivity index (χ4n) is 2.95. The van der Waals surface area contributed by atoms with E-state index in [1.807, 2.05) is 6.07 Å². The van der Waals surface area contributed by atoms with Gasteiger partial charge in [0.15, 0.2) is 0 Å². The summed E-state index contributed by atoms with van der Waals surface area (Å²) in [5.41, 5.74) is 0.541. The van der Waals surface area contributed by atoms with Crippen molar-refractivity contribution in [2.45, 2.75) is 37.5 Å². The molecule has 1 heterocycles. The van der Waals surface area contributed by atoms with Crippen LogP contribution >= 0.6 is 11.3 Å². The zero-order chi connectivity index (χ0) is 13.5. The molecule has 19 heavy (non-hydrogen) atoms. The van der Waals surface area contributed by atoms with Gasteiger partial charge < -0.3 is 9.52 Å². The lowest BCUT2D eigenvalue weighted by atomic mass is 9.69. The molecule has 1 N–H and O–H groups in total. The van der Waals surface area contributed by atoms with Gasteiger partial charge in [-0.25, -0.2) is 4.79 Å². The lowest BCUT2D eigenvalue weighted by Gasteiger charge is -2.33. The highest BCUT2D eigenvalue weighted by molar-refractivity contribution is 7.16. The standard InChI is InChI=1S/C14H14O4S/c15-12(16)14(6-2-1-3-7-14)9-4-5-10-11(8-9)19-13(17)18-10/h4-5,8H,1-3,6-7H2,(H,15,16). The van der Waals surface area contributed by atoms with Crippen molar-refractivity contribution in [3.8, 4) is 0 Å². The van der Waals surface area contributed by atoms with Crippen LogP contribution in [0.4, 0.5) is 0 Å². The van der Waals surface area contributed by atoms with E-state index in [2.05, 4.69) is 0 Å². The van der Waals surface area contributed by atoms with Crippen molar-refractivity contribution in [2.75, 3.05) is 0 Å². The number of carboxylic acids is 1. The van der Waals surface area contributed by atoms with Crippen molar-refractivity contribution in [3.63, 3.8) is 0 Å². The minimum absolute atomic E-state index is 0.347. The van der Waals surface area contributed by atoms with E-state index in [0.717, 1.165) is 40.9 Å². The second-order valence-electron chi connectivity index (χ2n) is 5.06. The number of fused-ring (bicyclic) bond motifs is 1. The van der Waals surface area contributed by atoms with Gasteiger partial charge in [-0.3, -0.25) is 4.79 Å². The maximum Gasteiger partial charge on any atom is 0.396 e. The second kappa shape index (κ2) is 4.49. The molecule has 1 saturated carbocycles. The van der Waals surface area contributed by atoms with Crippen molar-refractivity contribution in [2.24, 2.45) is 0 Å². The predicted octanol–water partition coefficient (Wildman–Crippen LogP) is 3.14. The lowest BCUT2D eigenvalue weighted by molar-refractivity contribution is -0.145. The highest BCUT2D eigenvalue weighted by atomic mass is 32.1. The molecule has 100 valence electrons. The minimum atomic E-state index is -0.792. The Labute approximate surface area is 113 Å². The SMILES string of the molecule is O=C(O)C1(c2ccc3oc(=O)sc3c2)CCCCC1. The number of carbonyl (C=O) groups is 1. The summed E-state index contributed by atoms with van der Waals surface area (Å²) in [4.78, 5) is 22.6. The van der Waals surface area contributed by atoms with E-state index in [0.29, 0.717) is 18.4 Å². The van der Waals surface area contributed by atoms with Gasteiger partial charge >= 0.3 is 10.9 Å². The minimum Gasteiger partial charge on any atom is -0.481 e. The maximum atomic E-state index is 11.7. The summed E-state index contributed by atoms with van der Waals surface area (Å²) in [6.45, 7) is 0. The Morgan fingerprint density at radius 1 is 1.26 bits per heavy atom. The number of benzene rings is 1. The molecule has 0 aliphatic heterocycles. The zero-order valence-electron chi connectivity index (χ0n) is 10.3. The van der Waals surface area contributed by atoms with Gasteiger partial charge in [-0.2, -0.15) is 0 Å². The van der Waals surface area contributed by atoms with Gasteiger partial charge in [-0.05, 0) is 30.5 Å². The third kappa shape index (κ3) is 1.98. The number of hydrogen-bond acceptors (Lipinski definition) is 4. The Balaban J connectivity index is 2.14. The van der Waals surface area contributed by atoms with Gasteiger partial charge in [0.25, 0.3) is 0 Å². The fraction of sp³-hybridized carbons (Fsp3) is 0.429. The Bertz CT molecular complexity index is 676. The van der Waals surface area contributed by atoms with E-state index in [1.165, 1.54) is 0 Å². The highest BCUT2D eigenvalue weighted by Crippen LogP contribution is 2.40. The van der Waals surface area contributed by atoms with Gasteiger partial charge in [0.05, 0.1) is 10.1 Å². The first-order chi connectivity index (χ1) is 9.12. The highest BCUT2D eigenvalue weighted by Gasteiger charge is 2.41. The molecule has 0 atom stereocenters. The molecule has 1 aliphatic rings. The predicted molar refractivity (Wildman–Crippen MR) is 72.8 cm³/mol. The Morgan fingerprint density at radius 3 is 2.68 bits per heavy atom. The van der Waals surface area contributed by atoms with Crippen molar-refractivity contribution in [1.82, 2.24) is 0 Å². The van der Waals surface area contributed by atoms with Crippen LogP contribution in [0.5, 0.6) is 0 Å². The van der Waals surface area contributed by atoms with Crippen LogP contribution < -0.4 is 4.94 Å². The van der Waals surface area contributed by atoms with Gasteiger partial charge in [0, 0.05) is 0 Å². The van der Waals surface area contributed by atoms with Crippen molar-refractivity contribution >= 4 is 27.6 Å². The van der Waals surface area contributed by atoms with Crippen LogP contribution in [0.2, 0.25) is 0 Å². The molecule has 4 nitrogen and oxygen atoms in total. The number of aliphatic carboxylic acids is 1. The summed E-state index contributed by atoms with van der Waals surface area (Å²) in [6.07, 6.45) is 4.30. The van der Waals surface area contributed by atoms with Crippen LogP contribution in [0, 0.1) is 0 Å². The van der Waals surface area contributed by atoms with Gasteiger partial charge in [-0.15, -0.1) is 0 Å². The quantitative estimate of drug-likeness (QED) is 0.916. The summed E-state index contributed by atoms with van der Waals surface area (Å²) < 4.78 is 5.75. The van der Waals surface area contributed by atoms with Crippen LogP contribution in [0.25, 0.3) is 10.3 Å². The molecule has 0 bridgehead atoms. The molecule has 0 amide bonds.